The van der Waals surface area contributed by atoms with Crippen molar-refractivity contribution in [3.8, 4) is 11.4 Å². The first kappa shape index (κ1) is 29.4. The molecule has 0 aliphatic carbocycles. The van der Waals surface area contributed by atoms with Gasteiger partial charge in [0.1, 0.15) is 5.75 Å². The number of nitrogens with one attached hydrogen (secondary N) is 2. The largest absolute Gasteiger partial charge is 0.495 e. The fourth-order valence-corrected chi connectivity index (χ4v) is 6.35. The van der Waals surface area contributed by atoms with Gasteiger partial charge in [-0.3, -0.25) is 9.71 Å². The van der Waals surface area contributed by atoms with E-state index in [1.54, 1.807) is 54.9 Å². The van der Waals surface area contributed by atoms with Gasteiger partial charge in [0, 0.05) is 23.3 Å². The van der Waals surface area contributed by atoms with E-state index in [2.05, 4.69) is 15.0 Å². The van der Waals surface area contributed by atoms with Crippen molar-refractivity contribution in [2.24, 2.45) is 0 Å². The zero-order valence-corrected chi connectivity index (χ0v) is 24.7. The smallest absolute Gasteiger partial charge is 0.418 e. The molecular formula is C29H28F3N5O3S2. The molecule has 0 amide bonds. The second-order valence-electron chi connectivity index (χ2n) is 9.93. The fraction of sp³-hybridized carbons (Fsp3) is 0.241. The summed E-state index contributed by atoms with van der Waals surface area (Å²) in [6.45, 7) is 3.53. The maximum atomic E-state index is 14.0. The highest BCUT2D eigenvalue weighted by atomic mass is 32.2. The van der Waals surface area contributed by atoms with E-state index in [1.807, 2.05) is 23.1 Å². The lowest BCUT2D eigenvalue weighted by Crippen LogP contribution is -2.29. The van der Waals surface area contributed by atoms with Crippen LogP contribution in [-0.2, 0) is 16.2 Å². The van der Waals surface area contributed by atoms with Gasteiger partial charge in [-0.25, -0.2) is 8.42 Å². The third-order valence-electron chi connectivity index (χ3n) is 7.09. The number of thiocarbonyl (C=S) groups is 1. The molecule has 0 radical (unpaired) electrons. The van der Waals surface area contributed by atoms with Crippen LogP contribution in [0.4, 0.5) is 24.5 Å². The third kappa shape index (κ3) is 5.53. The molecule has 2 atom stereocenters. The topological polar surface area (TPSA) is 88.5 Å². The molecule has 2 aromatic heterocycles. The van der Waals surface area contributed by atoms with Crippen molar-refractivity contribution < 1.29 is 26.3 Å². The van der Waals surface area contributed by atoms with Crippen LogP contribution in [0.2, 0.25) is 0 Å². The first-order chi connectivity index (χ1) is 19.8. The van der Waals surface area contributed by atoms with Gasteiger partial charge >= 0.3 is 6.18 Å². The van der Waals surface area contributed by atoms with Crippen molar-refractivity contribution >= 4 is 38.7 Å². The number of pyridine rings is 1. The van der Waals surface area contributed by atoms with E-state index in [9.17, 15) is 21.6 Å². The molecule has 13 heteroatoms. The second-order valence-corrected chi connectivity index (χ2v) is 12.1. The number of hydrogen-bond acceptors (Lipinski definition) is 5. The van der Waals surface area contributed by atoms with Crippen molar-refractivity contribution in [3.05, 3.63) is 101 Å². The highest BCUT2D eigenvalue weighted by molar-refractivity contribution is 7.92. The Morgan fingerprint density at radius 3 is 2.40 bits per heavy atom. The Bertz CT molecular complexity index is 1760. The standard InChI is InChI=1S/C29H28F3N5O3S2/c1-17-15-20(18(2)36(17)24-11-6-5-9-21(24)29(30,31)32)27-26(22-10-7-8-14-33-22)34-28(41)37(27)19-12-13-25(40-3)23(16-19)35-42(4,38)39/h5-16,26-27,35H,1-4H3,(H,34,41)/t26-,27+/m0/s1. The van der Waals surface area contributed by atoms with Gasteiger partial charge in [-0.2, -0.15) is 13.2 Å². The summed E-state index contributed by atoms with van der Waals surface area (Å²) in [7, 11) is -2.21. The number of halogens is 3. The number of para-hydroxylation sites is 1. The van der Waals surface area contributed by atoms with Crippen LogP contribution in [0.25, 0.3) is 5.69 Å². The van der Waals surface area contributed by atoms with Crippen LogP contribution in [0.1, 0.15) is 40.3 Å². The van der Waals surface area contributed by atoms with Gasteiger partial charge in [-0.1, -0.05) is 18.2 Å². The first-order valence-electron chi connectivity index (χ1n) is 12.8. The Hall–Kier alpha value is -4.10. The van der Waals surface area contributed by atoms with E-state index < -0.39 is 33.8 Å². The van der Waals surface area contributed by atoms with E-state index in [-0.39, 0.29) is 11.4 Å². The number of nitrogens with zero attached hydrogens (tertiary/aromatic N) is 3. The number of anilines is 2. The maximum Gasteiger partial charge on any atom is 0.418 e. The van der Waals surface area contributed by atoms with Crippen LogP contribution in [0.15, 0.2) is 72.9 Å². The maximum absolute atomic E-state index is 14.0. The van der Waals surface area contributed by atoms with E-state index in [4.69, 9.17) is 17.0 Å². The van der Waals surface area contributed by atoms with Crippen molar-refractivity contribution in [1.82, 2.24) is 14.9 Å². The highest BCUT2D eigenvalue weighted by Crippen LogP contribution is 2.46. The third-order valence-corrected chi connectivity index (χ3v) is 8.00. The molecular weight excluding hydrogens is 587 g/mol. The minimum atomic E-state index is -4.55. The molecule has 0 spiro atoms. The average molecular weight is 616 g/mol. The molecule has 3 heterocycles. The lowest BCUT2D eigenvalue weighted by molar-refractivity contribution is -0.137. The Morgan fingerprint density at radius 1 is 1.05 bits per heavy atom. The number of sulfonamides is 1. The molecule has 0 bridgehead atoms. The molecule has 0 unspecified atom stereocenters. The Morgan fingerprint density at radius 2 is 1.76 bits per heavy atom. The van der Waals surface area contributed by atoms with Gasteiger partial charge in [-0.15, -0.1) is 0 Å². The summed E-state index contributed by atoms with van der Waals surface area (Å²) in [4.78, 5) is 6.36. The fourth-order valence-electron chi connectivity index (χ4n) is 5.44. The molecule has 1 saturated heterocycles. The lowest BCUT2D eigenvalue weighted by Gasteiger charge is -2.29. The molecule has 1 aliphatic rings. The van der Waals surface area contributed by atoms with Crippen LogP contribution < -0.4 is 19.7 Å². The normalized spacial score (nSPS) is 17.3. The van der Waals surface area contributed by atoms with Gasteiger partial charge in [-0.05, 0) is 80.2 Å². The summed E-state index contributed by atoms with van der Waals surface area (Å²) in [5, 5.41) is 3.67. The van der Waals surface area contributed by atoms with Crippen molar-refractivity contribution in [2.45, 2.75) is 32.1 Å². The number of benzene rings is 2. The SMILES string of the molecule is COc1ccc(N2C(=S)N[C@@H](c3ccccn3)[C@H]2c2cc(C)n(-c3ccccc3C(F)(F)F)c2C)cc1NS(C)(=O)=O. The van der Waals surface area contributed by atoms with E-state index in [1.165, 1.54) is 19.2 Å². The van der Waals surface area contributed by atoms with Crippen LogP contribution in [0.3, 0.4) is 0 Å². The minimum Gasteiger partial charge on any atom is -0.495 e. The predicted octanol–water partition coefficient (Wildman–Crippen LogP) is 6.07. The molecule has 1 aliphatic heterocycles. The van der Waals surface area contributed by atoms with Gasteiger partial charge in [0.05, 0.1) is 48.1 Å². The molecule has 2 N–H and O–H groups in total. The van der Waals surface area contributed by atoms with E-state index in [0.717, 1.165) is 17.9 Å². The second kappa shape index (κ2) is 11.0. The zero-order chi connectivity index (χ0) is 30.4. The van der Waals surface area contributed by atoms with Crippen molar-refractivity contribution in [1.29, 1.82) is 0 Å². The number of aryl methyl sites for hydroxylation is 1. The van der Waals surface area contributed by atoms with Crippen LogP contribution in [-0.4, -0.2) is 36.4 Å². The van der Waals surface area contributed by atoms with E-state index in [0.29, 0.717) is 33.6 Å². The number of rotatable bonds is 7. The number of aromatic nitrogens is 2. The first-order valence-corrected chi connectivity index (χ1v) is 15.1. The number of ether oxygens (including phenoxy) is 1. The summed E-state index contributed by atoms with van der Waals surface area (Å²) >= 11 is 5.80. The van der Waals surface area contributed by atoms with Crippen LogP contribution in [0.5, 0.6) is 5.75 Å². The molecule has 0 saturated carbocycles. The molecule has 5 rings (SSSR count). The summed E-state index contributed by atoms with van der Waals surface area (Å²) in [6, 6.07) is 16.7. The minimum absolute atomic E-state index is 0.0183. The summed E-state index contributed by atoms with van der Waals surface area (Å²) in [6.07, 6.45) is -1.86. The monoisotopic (exact) mass is 615 g/mol. The molecule has 8 nitrogen and oxygen atoms in total. The molecule has 42 heavy (non-hydrogen) atoms. The Kier molecular flexibility index (Phi) is 7.66. The zero-order valence-electron chi connectivity index (χ0n) is 23.1. The van der Waals surface area contributed by atoms with Crippen LogP contribution in [0, 0.1) is 13.8 Å². The van der Waals surface area contributed by atoms with Gasteiger partial charge in [0.2, 0.25) is 10.0 Å². The van der Waals surface area contributed by atoms with Crippen LogP contribution >= 0.6 is 12.2 Å². The lowest BCUT2D eigenvalue weighted by atomic mass is 9.96. The molecule has 2 aromatic carbocycles. The van der Waals surface area contributed by atoms with E-state index >= 15 is 0 Å². The van der Waals surface area contributed by atoms with Gasteiger partial charge < -0.3 is 19.5 Å². The molecule has 4 aromatic rings. The Labute approximate surface area is 247 Å². The molecule has 1 fully saturated rings. The average Bonchev–Trinajstić information content (AvgIpc) is 3.42. The van der Waals surface area contributed by atoms with Gasteiger partial charge in [0.25, 0.3) is 0 Å². The predicted molar refractivity (Wildman–Crippen MR) is 160 cm³/mol. The number of methoxy groups -OCH3 is 1. The number of alkyl halides is 3. The quantitative estimate of drug-likeness (QED) is 0.244. The highest BCUT2D eigenvalue weighted by Gasteiger charge is 2.43. The summed E-state index contributed by atoms with van der Waals surface area (Å²) in [5.74, 6) is 0.307. The summed E-state index contributed by atoms with van der Waals surface area (Å²) in [5.41, 5.74) is 2.62. The van der Waals surface area contributed by atoms with Crippen molar-refractivity contribution in [2.75, 3.05) is 23.0 Å². The van der Waals surface area contributed by atoms with Gasteiger partial charge in [0.15, 0.2) is 5.11 Å². The Balaban J connectivity index is 1.71. The molecule has 220 valence electrons. The number of hydrogen-bond donors (Lipinski definition) is 2. The summed E-state index contributed by atoms with van der Waals surface area (Å²) < 4.78 is 75.7. The van der Waals surface area contributed by atoms with Crippen molar-refractivity contribution in [3.63, 3.8) is 0 Å².